The third kappa shape index (κ3) is 4.30. The van der Waals surface area contributed by atoms with E-state index in [1.54, 1.807) is 30.6 Å². The number of hydrogen-bond acceptors (Lipinski definition) is 4. The molecule has 1 aromatic carbocycles. The zero-order valence-corrected chi connectivity index (χ0v) is 14.8. The number of methoxy groups -OCH3 is 1. The van der Waals surface area contributed by atoms with E-state index < -0.39 is 0 Å². The van der Waals surface area contributed by atoms with E-state index in [0.29, 0.717) is 35.5 Å². The van der Waals surface area contributed by atoms with Crippen molar-refractivity contribution in [2.45, 2.75) is 18.9 Å². The first kappa shape index (κ1) is 17.7. The van der Waals surface area contributed by atoms with Crippen molar-refractivity contribution in [2.75, 3.05) is 20.3 Å². The molecule has 2 aromatic rings. The quantitative estimate of drug-likeness (QED) is 0.884. The van der Waals surface area contributed by atoms with Crippen molar-refractivity contribution in [3.05, 3.63) is 58.9 Å². The summed E-state index contributed by atoms with van der Waals surface area (Å²) in [5.74, 6) is 0.589. The second-order valence-electron chi connectivity index (χ2n) is 6.03. The molecule has 0 radical (unpaired) electrons. The van der Waals surface area contributed by atoms with Crippen molar-refractivity contribution < 1.29 is 14.3 Å². The van der Waals surface area contributed by atoms with Crippen LogP contribution >= 0.6 is 11.6 Å². The first-order valence-electron chi connectivity index (χ1n) is 8.31. The van der Waals surface area contributed by atoms with Crippen LogP contribution in [0.25, 0.3) is 0 Å². The summed E-state index contributed by atoms with van der Waals surface area (Å²) < 4.78 is 10.8. The molecule has 1 atom stereocenters. The summed E-state index contributed by atoms with van der Waals surface area (Å²) in [6.45, 7) is 1.41. The van der Waals surface area contributed by atoms with Crippen LogP contribution in [-0.2, 0) is 4.74 Å². The molecular weight excluding hydrogens is 340 g/mol. The summed E-state index contributed by atoms with van der Waals surface area (Å²) in [5, 5.41) is 3.64. The fourth-order valence-corrected chi connectivity index (χ4v) is 3.33. The van der Waals surface area contributed by atoms with Gasteiger partial charge >= 0.3 is 0 Å². The van der Waals surface area contributed by atoms with Gasteiger partial charge in [0.1, 0.15) is 5.75 Å². The summed E-state index contributed by atoms with van der Waals surface area (Å²) >= 11 is 6.06. The maximum atomic E-state index is 12.9. The van der Waals surface area contributed by atoms with Gasteiger partial charge in [-0.25, -0.2) is 0 Å². The molecular formula is C19H21ClN2O3. The van der Waals surface area contributed by atoms with Crippen LogP contribution in [0.1, 0.15) is 34.8 Å². The lowest BCUT2D eigenvalue weighted by Crippen LogP contribution is -2.36. The Bertz CT molecular complexity index is 718. The average molecular weight is 361 g/mol. The molecule has 0 spiro atoms. The Morgan fingerprint density at radius 1 is 1.36 bits per heavy atom. The molecule has 132 valence electrons. The lowest BCUT2D eigenvalue weighted by atomic mass is 9.87. The molecule has 6 heteroatoms. The van der Waals surface area contributed by atoms with E-state index in [-0.39, 0.29) is 11.9 Å². The van der Waals surface area contributed by atoms with Gasteiger partial charge < -0.3 is 14.8 Å². The van der Waals surface area contributed by atoms with Crippen LogP contribution in [0.4, 0.5) is 0 Å². The highest BCUT2D eigenvalue weighted by Crippen LogP contribution is 2.31. The molecule has 0 aliphatic carbocycles. The van der Waals surface area contributed by atoms with Crippen LogP contribution < -0.4 is 10.1 Å². The summed E-state index contributed by atoms with van der Waals surface area (Å²) in [6, 6.07) is 8.77. The van der Waals surface area contributed by atoms with Crippen LogP contribution in [0, 0.1) is 5.92 Å². The summed E-state index contributed by atoms with van der Waals surface area (Å²) in [6.07, 6.45) is 5.32. The van der Waals surface area contributed by atoms with Crippen molar-refractivity contribution in [1.29, 1.82) is 0 Å². The molecule has 1 unspecified atom stereocenters. The second-order valence-corrected chi connectivity index (χ2v) is 6.47. The molecule has 0 saturated carbocycles. The number of hydrogen-bond donors (Lipinski definition) is 1. The number of aromatic nitrogens is 1. The Morgan fingerprint density at radius 3 is 2.84 bits per heavy atom. The molecule has 1 aliphatic rings. The van der Waals surface area contributed by atoms with E-state index >= 15 is 0 Å². The van der Waals surface area contributed by atoms with Crippen molar-refractivity contribution in [2.24, 2.45) is 5.92 Å². The molecule has 1 aliphatic heterocycles. The summed E-state index contributed by atoms with van der Waals surface area (Å²) in [7, 11) is 1.54. The topological polar surface area (TPSA) is 60.5 Å². The maximum absolute atomic E-state index is 12.9. The first-order valence-corrected chi connectivity index (χ1v) is 8.69. The van der Waals surface area contributed by atoms with Gasteiger partial charge in [-0.3, -0.25) is 9.78 Å². The van der Waals surface area contributed by atoms with Crippen LogP contribution in [0.15, 0.2) is 42.7 Å². The van der Waals surface area contributed by atoms with Gasteiger partial charge in [-0.15, -0.1) is 0 Å². The third-order valence-electron chi connectivity index (χ3n) is 4.47. The second kappa shape index (κ2) is 8.32. The molecule has 1 aromatic heterocycles. The summed E-state index contributed by atoms with van der Waals surface area (Å²) in [4.78, 5) is 17.1. The molecule has 1 N–H and O–H groups in total. The van der Waals surface area contributed by atoms with Crippen molar-refractivity contribution in [1.82, 2.24) is 10.3 Å². The maximum Gasteiger partial charge on any atom is 0.255 e. The van der Waals surface area contributed by atoms with E-state index in [1.807, 2.05) is 12.1 Å². The Kier molecular flexibility index (Phi) is 5.89. The average Bonchev–Trinajstić information content (AvgIpc) is 2.67. The highest BCUT2D eigenvalue weighted by atomic mass is 35.5. The van der Waals surface area contributed by atoms with Gasteiger partial charge in [0, 0.05) is 30.6 Å². The van der Waals surface area contributed by atoms with E-state index in [1.165, 1.54) is 7.11 Å². The Hall–Kier alpha value is -2.11. The zero-order chi connectivity index (χ0) is 17.6. The van der Waals surface area contributed by atoms with Crippen LogP contribution in [0.2, 0.25) is 5.02 Å². The monoisotopic (exact) mass is 360 g/mol. The predicted molar refractivity (Wildman–Crippen MR) is 96.0 cm³/mol. The normalized spacial score (nSPS) is 16.2. The van der Waals surface area contributed by atoms with Gasteiger partial charge in [-0.1, -0.05) is 17.7 Å². The van der Waals surface area contributed by atoms with Crippen LogP contribution in [0.3, 0.4) is 0 Å². The zero-order valence-electron chi connectivity index (χ0n) is 14.1. The third-order valence-corrected chi connectivity index (χ3v) is 4.71. The lowest BCUT2D eigenvalue weighted by molar-refractivity contribution is 0.0513. The molecule has 1 amide bonds. The fourth-order valence-electron chi connectivity index (χ4n) is 3.16. The van der Waals surface area contributed by atoms with Gasteiger partial charge in [-0.05, 0) is 48.6 Å². The largest absolute Gasteiger partial charge is 0.496 e. The number of pyridine rings is 1. The number of benzene rings is 1. The summed E-state index contributed by atoms with van der Waals surface area (Å²) in [5.41, 5.74) is 1.42. The highest BCUT2D eigenvalue weighted by Gasteiger charge is 2.28. The van der Waals surface area contributed by atoms with Crippen LogP contribution in [0.5, 0.6) is 5.75 Å². The van der Waals surface area contributed by atoms with E-state index in [9.17, 15) is 4.79 Å². The Balaban J connectivity index is 1.87. The molecule has 0 bridgehead atoms. The van der Waals surface area contributed by atoms with Gasteiger partial charge in [-0.2, -0.15) is 0 Å². The van der Waals surface area contributed by atoms with E-state index in [4.69, 9.17) is 21.1 Å². The Morgan fingerprint density at radius 2 is 2.16 bits per heavy atom. The number of amides is 1. The number of rotatable bonds is 5. The first-order chi connectivity index (χ1) is 12.2. The van der Waals surface area contributed by atoms with Crippen molar-refractivity contribution >= 4 is 17.5 Å². The predicted octanol–water partition coefficient (Wildman–Crippen LogP) is 3.64. The van der Waals surface area contributed by atoms with Crippen molar-refractivity contribution in [3.8, 4) is 5.75 Å². The fraction of sp³-hybridized carbons (Fsp3) is 0.368. The minimum absolute atomic E-state index is 0.131. The number of nitrogens with one attached hydrogen (secondary N) is 1. The standard InChI is InChI=1S/C19H21ClN2O3/c1-24-17-5-4-15(20)11-16(17)19(23)22-18(13-6-9-25-10-7-13)14-3-2-8-21-12-14/h2-5,8,11-13,18H,6-7,9-10H2,1H3,(H,22,23). The SMILES string of the molecule is COc1ccc(Cl)cc1C(=O)NC(c1cccnc1)C1CCOCC1. The minimum atomic E-state index is -0.209. The number of carbonyl (C=O) groups is 1. The number of halogens is 1. The highest BCUT2D eigenvalue weighted by molar-refractivity contribution is 6.31. The molecule has 3 rings (SSSR count). The Labute approximate surface area is 152 Å². The van der Waals surface area contributed by atoms with E-state index in [0.717, 1.165) is 18.4 Å². The molecule has 1 saturated heterocycles. The lowest BCUT2D eigenvalue weighted by Gasteiger charge is -2.31. The molecule has 2 heterocycles. The smallest absolute Gasteiger partial charge is 0.255 e. The van der Waals surface area contributed by atoms with Gasteiger partial charge in [0.25, 0.3) is 5.91 Å². The number of carbonyl (C=O) groups excluding carboxylic acids is 1. The number of nitrogens with zero attached hydrogens (tertiary/aromatic N) is 1. The van der Waals surface area contributed by atoms with Gasteiger partial charge in [0.15, 0.2) is 0 Å². The van der Waals surface area contributed by atoms with Crippen molar-refractivity contribution in [3.63, 3.8) is 0 Å². The van der Waals surface area contributed by atoms with E-state index in [2.05, 4.69) is 10.3 Å². The molecule has 25 heavy (non-hydrogen) atoms. The van der Waals surface area contributed by atoms with Crippen LogP contribution in [-0.4, -0.2) is 31.2 Å². The van der Waals surface area contributed by atoms with Gasteiger partial charge in [0.2, 0.25) is 0 Å². The number of ether oxygens (including phenoxy) is 2. The molecule has 5 nitrogen and oxygen atoms in total. The molecule has 1 fully saturated rings. The minimum Gasteiger partial charge on any atom is -0.496 e. The van der Waals surface area contributed by atoms with Gasteiger partial charge in [0.05, 0.1) is 18.7 Å².